The number of carbonyl (C=O) groups is 2. The maximum absolute atomic E-state index is 11.5. The van der Waals surface area contributed by atoms with Gasteiger partial charge in [-0.05, 0) is 27.2 Å². The van der Waals surface area contributed by atoms with Gasteiger partial charge in [-0.15, -0.1) is 0 Å². The number of nitrogens with one attached hydrogen (secondary N) is 2. The van der Waals surface area contributed by atoms with Gasteiger partial charge in [-0.2, -0.15) is 0 Å². The largest absolute Gasteiger partial charge is 0.354 e. The quantitative estimate of drug-likeness (QED) is 0.606. The molecule has 5 nitrogen and oxygen atoms in total. The number of hydrogen-bond acceptors (Lipinski definition) is 3. The Balaban J connectivity index is 3.99. The van der Waals surface area contributed by atoms with Crippen molar-refractivity contribution in [3.63, 3.8) is 0 Å². The van der Waals surface area contributed by atoms with Crippen molar-refractivity contribution >= 4 is 11.8 Å². The molecule has 16 heavy (non-hydrogen) atoms. The van der Waals surface area contributed by atoms with Gasteiger partial charge in [0.25, 0.3) is 0 Å². The van der Waals surface area contributed by atoms with Crippen molar-refractivity contribution in [2.45, 2.75) is 52.1 Å². The molecule has 0 bridgehead atoms. The second kappa shape index (κ2) is 6.48. The van der Waals surface area contributed by atoms with Crippen LogP contribution in [-0.2, 0) is 9.59 Å². The fourth-order valence-electron chi connectivity index (χ4n) is 1.17. The van der Waals surface area contributed by atoms with Gasteiger partial charge < -0.3 is 16.4 Å². The van der Waals surface area contributed by atoms with E-state index >= 15 is 0 Å². The van der Waals surface area contributed by atoms with Crippen LogP contribution < -0.4 is 16.4 Å². The summed E-state index contributed by atoms with van der Waals surface area (Å²) in [5, 5.41) is 5.33. The molecule has 0 heterocycles. The van der Waals surface area contributed by atoms with Crippen molar-refractivity contribution in [1.29, 1.82) is 0 Å². The third-order valence-electron chi connectivity index (χ3n) is 1.94. The number of nitrogens with two attached hydrogens (primary N) is 1. The lowest BCUT2D eigenvalue weighted by Crippen LogP contribution is -2.47. The maximum Gasteiger partial charge on any atom is 0.242 e. The number of amides is 2. The first-order valence-corrected chi connectivity index (χ1v) is 5.62. The van der Waals surface area contributed by atoms with Crippen molar-refractivity contribution in [3.05, 3.63) is 0 Å². The summed E-state index contributed by atoms with van der Waals surface area (Å²) in [6.45, 7) is 7.80. The highest BCUT2D eigenvalue weighted by atomic mass is 16.2. The first-order chi connectivity index (χ1) is 7.26. The van der Waals surface area contributed by atoms with Crippen LogP contribution in [-0.4, -0.2) is 29.9 Å². The molecule has 0 aliphatic rings. The highest BCUT2D eigenvalue weighted by Crippen LogP contribution is 2.02. The van der Waals surface area contributed by atoms with Gasteiger partial charge in [0, 0.05) is 18.5 Å². The lowest BCUT2D eigenvalue weighted by molar-refractivity contribution is -0.129. The van der Waals surface area contributed by atoms with Gasteiger partial charge in [0.1, 0.15) is 6.04 Å². The Hall–Kier alpha value is -1.10. The summed E-state index contributed by atoms with van der Waals surface area (Å²) in [7, 11) is 0. The van der Waals surface area contributed by atoms with E-state index in [2.05, 4.69) is 10.6 Å². The predicted molar refractivity (Wildman–Crippen MR) is 63.8 cm³/mol. The SMILES string of the molecule is CCCNC(=O)C(C)NC(=O)CC(C)(C)N. The summed E-state index contributed by atoms with van der Waals surface area (Å²) in [4.78, 5) is 22.9. The van der Waals surface area contributed by atoms with Crippen LogP contribution in [0.25, 0.3) is 0 Å². The average Bonchev–Trinajstić information content (AvgIpc) is 2.10. The van der Waals surface area contributed by atoms with Crippen LogP contribution in [0.1, 0.15) is 40.5 Å². The van der Waals surface area contributed by atoms with Crippen LogP contribution in [0.2, 0.25) is 0 Å². The van der Waals surface area contributed by atoms with Crippen molar-refractivity contribution in [3.8, 4) is 0 Å². The Bertz CT molecular complexity index is 246. The molecule has 0 saturated heterocycles. The molecule has 2 amide bonds. The molecule has 0 rings (SSSR count). The second-order valence-corrected chi connectivity index (χ2v) is 4.75. The Morgan fingerprint density at radius 2 is 1.94 bits per heavy atom. The van der Waals surface area contributed by atoms with Crippen LogP contribution in [0, 0.1) is 0 Å². The lowest BCUT2D eigenvalue weighted by atomic mass is 10.0. The molecular formula is C11H23N3O2. The van der Waals surface area contributed by atoms with Crippen molar-refractivity contribution in [2.75, 3.05) is 6.54 Å². The molecule has 94 valence electrons. The van der Waals surface area contributed by atoms with Crippen LogP contribution in [0.15, 0.2) is 0 Å². The third kappa shape index (κ3) is 7.23. The van der Waals surface area contributed by atoms with Crippen molar-refractivity contribution < 1.29 is 9.59 Å². The summed E-state index contributed by atoms with van der Waals surface area (Å²) in [6, 6.07) is -0.513. The Labute approximate surface area is 97.2 Å². The van der Waals surface area contributed by atoms with E-state index in [0.29, 0.717) is 6.54 Å². The van der Waals surface area contributed by atoms with E-state index in [1.807, 2.05) is 6.92 Å². The molecule has 5 heteroatoms. The fraction of sp³-hybridized carbons (Fsp3) is 0.818. The van der Waals surface area contributed by atoms with Gasteiger partial charge in [-0.25, -0.2) is 0 Å². The lowest BCUT2D eigenvalue weighted by Gasteiger charge is -2.19. The molecule has 0 aromatic rings. The third-order valence-corrected chi connectivity index (χ3v) is 1.94. The Kier molecular flexibility index (Phi) is 6.03. The minimum absolute atomic E-state index is 0.162. The standard InChI is InChI=1S/C11H23N3O2/c1-5-6-13-10(16)8(2)14-9(15)7-11(3,4)12/h8H,5-7,12H2,1-4H3,(H,13,16)(H,14,15). The minimum atomic E-state index is -0.552. The fourth-order valence-corrected chi connectivity index (χ4v) is 1.17. The minimum Gasteiger partial charge on any atom is -0.354 e. The molecule has 0 saturated carbocycles. The van der Waals surface area contributed by atoms with E-state index in [-0.39, 0.29) is 18.2 Å². The maximum atomic E-state index is 11.5. The smallest absolute Gasteiger partial charge is 0.242 e. The van der Waals surface area contributed by atoms with Crippen LogP contribution in [0.4, 0.5) is 0 Å². The predicted octanol–water partition coefficient (Wildman–Crippen LogP) is 0.145. The normalized spacial score (nSPS) is 13.1. The highest BCUT2D eigenvalue weighted by molar-refractivity contribution is 5.87. The van der Waals surface area contributed by atoms with Gasteiger partial charge in [-0.3, -0.25) is 9.59 Å². The molecule has 1 atom stereocenters. The van der Waals surface area contributed by atoms with Crippen molar-refractivity contribution in [2.24, 2.45) is 5.73 Å². The van der Waals surface area contributed by atoms with E-state index in [9.17, 15) is 9.59 Å². The molecule has 0 spiro atoms. The van der Waals surface area contributed by atoms with Gasteiger partial charge in [-0.1, -0.05) is 6.92 Å². The second-order valence-electron chi connectivity index (χ2n) is 4.75. The van der Waals surface area contributed by atoms with E-state index < -0.39 is 11.6 Å². The summed E-state index contributed by atoms with van der Waals surface area (Å²) in [5.41, 5.74) is 5.16. The first-order valence-electron chi connectivity index (χ1n) is 5.62. The zero-order valence-electron chi connectivity index (χ0n) is 10.6. The zero-order valence-corrected chi connectivity index (χ0v) is 10.6. The molecule has 0 aromatic heterocycles. The van der Waals surface area contributed by atoms with E-state index in [0.717, 1.165) is 6.42 Å². The Morgan fingerprint density at radius 1 is 1.38 bits per heavy atom. The number of rotatable bonds is 6. The first kappa shape index (κ1) is 14.9. The summed E-state index contributed by atoms with van der Waals surface area (Å²) >= 11 is 0. The highest BCUT2D eigenvalue weighted by Gasteiger charge is 2.20. The number of hydrogen-bond donors (Lipinski definition) is 3. The van der Waals surface area contributed by atoms with Gasteiger partial charge in [0.05, 0.1) is 0 Å². The van der Waals surface area contributed by atoms with Crippen LogP contribution in [0.5, 0.6) is 0 Å². The summed E-state index contributed by atoms with van der Waals surface area (Å²) in [6.07, 6.45) is 1.08. The average molecular weight is 229 g/mol. The summed E-state index contributed by atoms with van der Waals surface area (Å²) in [5.74, 6) is -0.364. The van der Waals surface area contributed by atoms with E-state index in [4.69, 9.17) is 5.73 Å². The molecular weight excluding hydrogens is 206 g/mol. The van der Waals surface area contributed by atoms with Gasteiger partial charge >= 0.3 is 0 Å². The van der Waals surface area contributed by atoms with Crippen LogP contribution in [0.3, 0.4) is 0 Å². The Morgan fingerprint density at radius 3 is 2.38 bits per heavy atom. The monoisotopic (exact) mass is 229 g/mol. The topological polar surface area (TPSA) is 84.2 Å². The summed E-state index contributed by atoms with van der Waals surface area (Å²) < 4.78 is 0. The molecule has 0 fully saturated rings. The molecule has 0 aromatic carbocycles. The molecule has 0 radical (unpaired) electrons. The molecule has 0 aliphatic heterocycles. The van der Waals surface area contributed by atoms with Gasteiger partial charge in [0.2, 0.25) is 11.8 Å². The molecule has 0 aliphatic carbocycles. The van der Waals surface area contributed by atoms with E-state index in [1.165, 1.54) is 0 Å². The number of carbonyl (C=O) groups excluding carboxylic acids is 2. The zero-order chi connectivity index (χ0) is 12.8. The van der Waals surface area contributed by atoms with Crippen molar-refractivity contribution in [1.82, 2.24) is 10.6 Å². The van der Waals surface area contributed by atoms with Gasteiger partial charge in [0.15, 0.2) is 0 Å². The van der Waals surface area contributed by atoms with Crippen LogP contribution >= 0.6 is 0 Å². The molecule has 1 unspecified atom stereocenters. The van der Waals surface area contributed by atoms with E-state index in [1.54, 1.807) is 20.8 Å². The molecule has 4 N–H and O–H groups in total.